The molecule has 5 nitrogen and oxygen atoms in total. The van der Waals surface area contributed by atoms with Crippen LogP contribution in [0.2, 0.25) is 0 Å². The van der Waals surface area contributed by atoms with Crippen LogP contribution in [0.3, 0.4) is 0 Å². The van der Waals surface area contributed by atoms with E-state index in [1.54, 1.807) is 4.90 Å². The minimum Gasteiger partial charge on any atom is -0.494 e. The van der Waals surface area contributed by atoms with Crippen LogP contribution in [0.5, 0.6) is 5.75 Å². The molecule has 6 heteroatoms. The second kappa shape index (κ2) is 7.15. The highest BCUT2D eigenvalue weighted by atomic mass is 19.1. The van der Waals surface area contributed by atoms with Crippen molar-refractivity contribution in [3.8, 4) is 5.75 Å². The van der Waals surface area contributed by atoms with Crippen LogP contribution in [0, 0.1) is 19.7 Å². The standard InChI is InChI=1S/C20H21FN2O3/c1-12-8-13(2)10-15(9-12)23-7-6-17(20(23)25)22-19(24)14-4-5-18(26-3)16(21)11-14/h4-5,8-11,17H,6-7H2,1-3H3,(H,22,24). The molecule has 3 rings (SSSR count). The van der Waals surface area contributed by atoms with Crippen molar-refractivity contribution >= 4 is 17.5 Å². The van der Waals surface area contributed by atoms with Crippen molar-refractivity contribution < 1.29 is 18.7 Å². The lowest BCUT2D eigenvalue weighted by molar-refractivity contribution is -0.118. The number of carbonyl (C=O) groups is 2. The first-order valence-electron chi connectivity index (χ1n) is 8.43. The van der Waals surface area contributed by atoms with Gasteiger partial charge in [0.1, 0.15) is 6.04 Å². The Bertz CT molecular complexity index is 846. The number of amides is 2. The smallest absolute Gasteiger partial charge is 0.252 e. The van der Waals surface area contributed by atoms with Crippen molar-refractivity contribution in [2.45, 2.75) is 26.3 Å². The molecular formula is C20H21FN2O3. The predicted molar refractivity (Wildman–Crippen MR) is 97.1 cm³/mol. The molecule has 1 unspecified atom stereocenters. The highest BCUT2D eigenvalue weighted by Gasteiger charge is 2.34. The minimum atomic E-state index is -0.617. The summed E-state index contributed by atoms with van der Waals surface area (Å²) in [5.74, 6) is -1.18. The van der Waals surface area contributed by atoms with Crippen LogP contribution < -0.4 is 15.0 Å². The monoisotopic (exact) mass is 356 g/mol. The average molecular weight is 356 g/mol. The number of hydrogen-bond donors (Lipinski definition) is 1. The lowest BCUT2D eigenvalue weighted by atomic mass is 10.1. The number of methoxy groups -OCH3 is 1. The van der Waals surface area contributed by atoms with E-state index >= 15 is 0 Å². The van der Waals surface area contributed by atoms with Crippen molar-refractivity contribution in [1.82, 2.24) is 5.32 Å². The Morgan fingerprint density at radius 3 is 2.50 bits per heavy atom. The first-order valence-corrected chi connectivity index (χ1v) is 8.43. The third-order valence-electron chi connectivity index (χ3n) is 4.44. The van der Waals surface area contributed by atoms with Crippen LogP contribution in [-0.4, -0.2) is 31.5 Å². The summed E-state index contributed by atoms with van der Waals surface area (Å²) in [6, 6.07) is 9.30. The molecule has 0 bridgehead atoms. The number of anilines is 1. The lowest BCUT2D eigenvalue weighted by Crippen LogP contribution is -2.41. The third-order valence-corrected chi connectivity index (χ3v) is 4.44. The molecule has 0 radical (unpaired) electrons. The molecule has 1 fully saturated rings. The van der Waals surface area contributed by atoms with Crippen LogP contribution in [0.25, 0.3) is 0 Å². The topological polar surface area (TPSA) is 58.6 Å². The Morgan fingerprint density at radius 1 is 1.19 bits per heavy atom. The van der Waals surface area contributed by atoms with Gasteiger partial charge in [-0.2, -0.15) is 0 Å². The number of hydrogen-bond acceptors (Lipinski definition) is 3. The maximum Gasteiger partial charge on any atom is 0.252 e. The molecule has 1 heterocycles. The molecule has 1 saturated heterocycles. The number of ether oxygens (including phenoxy) is 1. The molecule has 1 aliphatic heterocycles. The number of nitrogens with zero attached hydrogens (tertiary/aromatic N) is 1. The molecule has 2 aromatic rings. The number of aryl methyl sites for hydroxylation is 2. The van der Waals surface area contributed by atoms with Gasteiger partial charge in [-0.25, -0.2) is 4.39 Å². The van der Waals surface area contributed by atoms with E-state index in [1.165, 1.54) is 19.2 Å². The molecule has 1 atom stereocenters. The summed E-state index contributed by atoms with van der Waals surface area (Å²) in [6.45, 7) is 4.49. The zero-order chi connectivity index (χ0) is 18.8. The number of benzene rings is 2. The van der Waals surface area contributed by atoms with Crippen molar-refractivity contribution in [1.29, 1.82) is 0 Å². The second-order valence-corrected chi connectivity index (χ2v) is 6.50. The summed E-state index contributed by atoms with van der Waals surface area (Å²) in [5, 5.41) is 2.70. The number of carbonyl (C=O) groups excluding carboxylic acids is 2. The van der Waals surface area contributed by atoms with Gasteiger partial charge in [0.2, 0.25) is 5.91 Å². The van der Waals surface area contributed by atoms with Gasteiger partial charge in [-0.3, -0.25) is 9.59 Å². The van der Waals surface area contributed by atoms with Crippen LogP contribution in [0.15, 0.2) is 36.4 Å². The molecule has 1 N–H and O–H groups in total. The summed E-state index contributed by atoms with van der Waals surface area (Å²) in [5.41, 5.74) is 3.14. The van der Waals surface area contributed by atoms with Gasteiger partial charge in [-0.05, 0) is 61.7 Å². The highest BCUT2D eigenvalue weighted by Crippen LogP contribution is 2.24. The maximum absolute atomic E-state index is 13.8. The van der Waals surface area contributed by atoms with Crippen molar-refractivity contribution in [3.63, 3.8) is 0 Å². The molecule has 136 valence electrons. The highest BCUT2D eigenvalue weighted by molar-refractivity contribution is 6.04. The van der Waals surface area contributed by atoms with Gasteiger partial charge in [-0.15, -0.1) is 0 Å². The van der Waals surface area contributed by atoms with Crippen molar-refractivity contribution in [3.05, 3.63) is 58.9 Å². The van der Waals surface area contributed by atoms with Gasteiger partial charge in [-0.1, -0.05) is 6.07 Å². The van der Waals surface area contributed by atoms with Gasteiger partial charge in [0, 0.05) is 17.8 Å². The Morgan fingerprint density at radius 2 is 1.88 bits per heavy atom. The molecule has 1 aliphatic rings. The van der Waals surface area contributed by atoms with E-state index in [9.17, 15) is 14.0 Å². The normalized spacial score (nSPS) is 16.7. The zero-order valence-corrected chi connectivity index (χ0v) is 15.0. The van der Waals surface area contributed by atoms with E-state index in [0.717, 1.165) is 22.9 Å². The molecule has 0 aromatic heterocycles. The fourth-order valence-corrected chi connectivity index (χ4v) is 3.23. The van der Waals surface area contributed by atoms with Crippen LogP contribution in [-0.2, 0) is 4.79 Å². The van der Waals surface area contributed by atoms with Crippen LogP contribution >= 0.6 is 0 Å². The van der Waals surface area contributed by atoms with E-state index in [2.05, 4.69) is 5.32 Å². The fraction of sp³-hybridized carbons (Fsp3) is 0.300. The molecule has 0 spiro atoms. The maximum atomic E-state index is 13.8. The second-order valence-electron chi connectivity index (χ2n) is 6.50. The van der Waals surface area contributed by atoms with Gasteiger partial charge < -0.3 is 15.0 Å². The Balaban J connectivity index is 1.72. The summed E-state index contributed by atoms with van der Waals surface area (Å²) in [4.78, 5) is 26.7. The van der Waals surface area contributed by atoms with Gasteiger partial charge in [0.25, 0.3) is 5.91 Å². The first-order chi connectivity index (χ1) is 12.4. The Labute approximate surface area is 151 Å². The fourth-order valence-electron chi connectivity index (χ4n) is 3.23. The van der Waals surface area contributed by atoms with E-state index in [-0.39, 0.29) is 17.2 Å². The van der Waals surface area contributed by atoms with E-state index in [4.69, 9.17) is 4.74 Å². The predicted octanol–water partition coefficient (Wildman–Crippen LogP) is 2.99. The molecule has 26 heavy (non-hydrogen) atoms. The quantitative estimate of drug-likeness (QED) is 0.916. The molecule has 2 aromatic carbocycles. The number of rotatable bonds is 4. The number of nitrogens with one attached hydrogen (secondary N) is 1. The van der Waals surface area contributed by atoms with Crippen molar-refractivity contribution in [2.24, 2.45) is 0 Å². The van der Waals surface area contributed by atoms with E-state index < -0.39 is 17.8 Å². The molecule has 0 saturated carbocycles. The summed E-state index contributed by atoms with van der Waals surface area (Å²) in [7, 11) is 1.36. The van der Waals surface area contributed by atoms with Gasteiger partial charge >= 0.3 is 0 Å². The third kappa shape index (κ3) is 3.54. The van der Waals surface area contributed by atoms with Gasteiger partial charge in [0.05, 0.1) is 7.11 Å². The molecule has 0 aliphatic carbocycles. The van der Waals surface area contributed by atoms with E-state index in [0.29, 0.717) is 13.0 Å². The van der Waals surface area contributed by atoms with Gasteiger partial charge in [0.15, 0.2) is 11.6 Å². The summed E-state index contributed by atoms with van der Waals surface area (Å²) < 4.78 is 18.6. The Kier molecular flexibility index (Phi) is 4.93. The van der Waals surface area contributed by atoms with Crippen LogP contribution in [0.1, 0.15) is 27.9 Å². The number of halogens is 1. The molecule has 2 amide bonds. The van der Waals surface area contributed by atoms with E-state index in [1.807, 2.05) is 32.0 Å². The Hall–Kier alpha value is -2.89. The largest absolute Gasteiger partial charge is 0.494 e. The zero-order valence-electron chi connectivity index (χ0n) is 15.0. The molecular weight excluding hydrogens is 335 g/mol. The average Bonchev–Trinajstić information content (AvgIpc) is 2.94. The minimum absolute atomic E-state index is 0.0690. The van der Waals surface area contributed by atoms with Crippen LogP contribution in [0.4, 0.5) is 10.1 Å². The summed E-state index contributed by atoms with van der Waals surface area (Å²) >= 11 is 0. The SMILES string of the molecule is COc1ccc(C(=O)NC2CCN(c3cc(C)cc(C)c3)C2=O)cc1F. The first kappa shape index (κ1) is 17.9. The lowest BCUT2D eigenvalue weighted by Gasteiger charge is -2.18. The summed E-state index contributed by atoms with van der Waals surface area (Å²) in [6.07, 6.45) is 0.510. The van der Waals surface area contributed by atoms with Crippen molar-refractivity contribution in [2.75, 3.05) is 18.6 Å².